The van der Waals surface area contributed by atoms with Crippen molar-refractivity contribution in [3.63, 3.8) is 0 Å². The van der Waals surface area contributed by atoms with Crippen LogP contribution in [0.2, 0.25) is 0 Å². The Hall–Kier alpha value is -1.61. The van der Waals surface area contributed by atoms with Gasteiger partial charge in [-0.2, -0.15) is 0 Å². The van der Waals surface area contributed by atoms with E-state index in [2.05, 4.69) is 20.0 Å². The minimum absolute atomic E-state index is 0.00367. The van der Waals surface area contributed by atoms with Crippen LogP contribution in [0.1, 0.15) is 0 Å². The largest absolute Gasteiger partial charge is 0.628 e. The summed E-state index contributed by atoms with van der Waals surface area (Å²) in [5, 5.41) is 17.6. The quantitative estimate of drug-likeness (QED) is 0.438. The second-order valence-electron chi connectivity index (χ2n) is 3.84. The van der Waals surface area contributed by atoms with Crippen LogP contribution in [0.25, 0.3) is 0 Å². The molecule has 0 aliphatic heterocycles. The summed E-state index contributed by atoms with van der Waals surface area (Å²) in [6.07, 6.45) is 0. The number of quaternary nitrogens is 1. The number of benzene rings is 2. The molecule has 94 valence electrons. The summed E-state index contributed by atoms with van der Waals surface area (Å²) in [6.45, 7) is 0.637. The monoisotopic (exact) mass is 261 g/mol. The summed E-state index contributed by atoms with van der Waals surface area (Å²) in [7, 11) is 2.17. The average molecular weight is 261 g/mol. The van der Waals surface area contributed by atoms with Gasteiger partial charge in [0.05, 0.1) is 16.1 Å². The van der Waals surface area contributed by atoms with Gasteiger partial charge in [0.2, 0.25) is 0 Å². The first kappa shape index (κ1) is 12.8. The van der Waals surface area contributed by atoms with Crippen LogP contribution in [-0.4, -0.2) is 6.67 Å². The van der Waals surface area contributed by atoms with Gasteiger partial charge in [0, 0.05) is 23.5 Å². The summed E-state index contributed by atoms with van der Waals surface area (Å²) in [5.41, 5.74) is 2.75. The highest BCUT2D eigenvalue weighted by Gasteiger charge is 1.97. The molecule has 4 nitrogen and oxygen atoms in total. The maximum Gasteiger partial charge on any atom is 0.132 e. The van der Waals surface area contributed by atoms with Crippen LogP contribution in [0.4, 0.5) is 17.1 Å². The van der Waals surface area contributed by atoms with E-state index in [4.69, 9.17) is 0 Å². The van der Waals surface area contributed by atoms with Crippen molar-refractivity contribution >= 4 is 26.5 Å². The summed E-state index contributed by atoms with van der Waals surface area (Å²) in [6, 6.07) is 17.4. The first-order valence-corrected chi connectivity index (χ1v) is 6.26. The maximum atomic E-state index is 11.1. The summed E-state index contributed by atoms with van der Waals surface area (Å²) >= 11 is 0. The summed E-state index contributed by atoms with van der Waals surface area (Å²) in [4.78, 5) is 0.00367. The third-order valence-corrected chi connectivity index (χ3v) is 2.86. The molecule has 5 heteroatoms. The predicted molar refractivity (Wildman–Crippen MR) is 78.7 cm³/mol. The molecule has 0 spiro atoms. The van der Waals surface area contributed by atoms with Crippen LogP contribution in [-0.2, 0) is 0 Å². The number of para-hydroxylation sites is 1. The van der Waals surface area contributed by atoms with Crippen LogP contribution in [0, 0.1) is 5.21 Å². The fraction of sp³-hybridized carbons (Fsp3) is 0.0769. The van der Waals surface area contributed by atoms with Gasteiger partial charge in [-0.1, -0.05) is 18.2 Å². The third-order valence-electron chi connectivity index (χ3n) is 2.53. The highest BCUT2D eigenvalue weighted by Crippen LogP contribution is 2.11. The highest BCUT2D eigenvalue weighted by molar-refractivity contribution is 7.08. The van der Waals surface area contributed by atoms with Gasteiger partial charge in [-0.25, -0.2) is 0 Å². The van der Waals surface area contributed by atoms with Gasteiger partial charge in [-0.3, -0.25) is 0 Å². The normalized spacial score (nSPS) is 11.9. The number of anilines is 2. The highest BCUT2D eigenvalue weighted by atomic mass is 31.0. The van der Waals surface area contributed by atoms with Crippen molar-refractivity contribution in [2.45, 2.75) is 0 Å². The van der Waals surface area contributed by atoms with Crippen molar-refractivity contribution in [1.82, 2.24) is 0 Å². The fourth-order valence-corrected chi connectivity index (χ4v) is 1.75. The SMILES string of the molecule is [O-][NH+](P)c1ccc(NCNc2ccccc2)cc1. The number of nitrogens with one attached hydrogen (secondary N) is 3. The minimum Gasteiger partial charge on any atom is -0.628 e. The standard InChI is InChI=1S/C13H16N3OP/c17-16(18)13-8-6-12(7-9-13)15-10-14-11-4-2-1-3-5-11/h1-9,14-16H,10,18H2. The fourth-order valence-electron chi connectivity index (χ4n) is 1.56. The molecule has 2 rings (SSSR count). The molecule has 0 bridgehead atoms. The number of hydrogen-bond acceptors (Lipinski definition) is 3. The van der Waals surface area contributed by atoms with Gasteiger partial charge in [-0.15, -0.1) is 0 Å². The molecule has 0 amide bonds. The maximum absolute atomic E-state index is 11.1. The van der Waals surface area contributed by atoms with Gasteiger partial charge < -0.3 is 20.7 Å². The molecule has 0 aliphatic carbocycles. The van der Waals surface area contributed by atoms with Crippen LogP contribution < -0.4 is 15.5 Å². The Labute approximate surface area is 109 Å². The van der Waals surface area contributed by atoms with E-state index in [1.165, 1.54) is 0 Å². The molecule has 2 atom stereocenters. The van der Waals surface area contributed by atoms with Crippen molar-refractivity contribution in [2.24, 2.45) is 0 Å². The van der Waals surface area contributed by atoms with Crippen molar-refractivity contribution in [2.75, 3.05) is 17.3 Å². The Morgan fingerprint density at radius 1 is 0.889 bits per heavy atom. The molecule has 0 radical (unpaired) electrons. The van der Waals surface area contributed by atoms with E-state index in [-0.39, 0.29) is 4.83 Å². The van der Waals surface area contributed by atoms with E-state index < -0.39 is 0 Å². The molecule has 3 N–H and O–H groups in total. The van der Waals surface area contributed by atoms with Crippen LogP contribution in [0.5, 0.6) is 0 Å². The summed E-state index contributed by atoms with van der Waals surface area (Å²) < 4.78 is 0. The molecule has 2 aromatic carbocycles. The van der Waals surface area contributed by atoms with Crippen molar-refractivity contribution in [1.29, 1.82) is 0 Å². The number of rotatable bonds is 5. The zero-order chi connectivity index (χ0) is 12.8. The Morgan fingerprint density at radius 2 is 1.44 bits per heavy atom. The topological polar surface area (TPSA) is 51.6 Å². The first-order valence-electron chi connectivity index (χ1n) is 5.68. The molecule has 18 heavy (non-hydrogen) atoms. The van der Waals surface area contributed by atoms with Crippen LogP contribution >= 0.6 is 9.39 Å². The lowest BCUT2D eigenvalue weighted by molar-refractivity contribution is -0.615. The average Bonchev–Trinajstić information content (AvgIpc) is 2.40. The van der Waals surface area contributed by atoms with Crippen LogP contribution in [0.15, 0.2) is 54.6 Å². The van der Waals surface area contributed by atoms with Gasteiger partial charge in [0.1, 0.15) is 5.69 Å². The first-order chi connectivity index (χ1) is 8.75. The second kappa shape index (κ2) is 6.36. The van der Waals surface area contributed by atoms with Crippen molar-refractivity contribution in [3.05, 3.63) is 59.8 Å². The Balaban J connectivity index is 1.83. The van der Waals surface area contributed by atoms with E-state index in [9.17, 15) is 5.21 Å². The lowest BCUT2D eigenvalue weighted by Gasteiger charge is -2.15. The molecule has 2 unspecified atom stereocenters. The lowest BCUT2D eigenvalue weighted by atomic mass is 10.3. The predicted octanol–water partition coefficient (Wildman–Crippen LogP) is 1.97. The van der Waals surface area contributed by atoms with Gasteiger partial charge in [0.25, 0.3) is 0 Å². The molecule has 0 heterocycles. The van der Waals surface area contributed by atoms with E-state index in [1.807, 2.05) is 42.5 Å². The van der Waals surface area contributed by atoms with Crippen molar-refractivity contribution < 1.29 is 4.83 Å². The van der Waals surface area contributed by atoms with E-state index in [0.29, 0.717) is 12.4 Å². The van der Waals surface area contributed by atoms with E-state index >= 15 is 0 Å². The molecule has 2 aromatic rings. The molecular weight excluding hydrogens is 245 g/mol. The third kappa shape index (κ3) is 3.70. The Morgan fingerprint density at radius 3 is 2.00 bits per heavy atom. The molecule has 0 aromatic heterocycles. The number of hydrogen-bond donors (Lipinski definition) is 3. The molecule has 0 fully saturated rings. The van der Waals surface area contributed by atoms with Gasteiger partial charge in [0.15, 0.2) is 0 Å². The van der Waals surface area contributed by atoms with E-state index in [0.717, 1.165) is 11.4 Å². The second-order valence-corrected chi connectivity index (χ2v) is 4.36. The lowest BCUT2D eigenvalue weighted by Crippen LogP contribution is -2.90. The molecule has 0 saturated carbocycles. The smallest absolute Gasteiger partial charge is 0.132 e. The Bertz CT molecular complexity index is 473. The minimum atomic E-state index is 0.00367. The zero-order valence-corrected chi connectivity index (χ0v) is 11.0. The molecular formula is C13H16N3OP. The molecule has 0 saturated heterocycles. The molecule has 0 aliphatic rings. The Kier molecular flexibility index (Phi) is 4.53. The van der Waals surface area contributed by atoms with Crippen molar-refractivity contribution in [3.8, 4) is 0 Å². The van der Waals surface area contributed by atoms with Gasteiger partial charge in [-0.05, 0) is 24.3 Å². The van der Waals surface area contributed by atoms with Crippen LogP contribution in [0.3, 0.4) is 0 Å². The van der Waals surface area contributed by atoms with E-state index in [1.54, 1.807) is 12.1 Å². The summed E-state index contributed by atoms with van der Waals surface area (Å²) in [5.74, 6) is 0. The van der Waals surface area contributed by atoms with Gasteiger partial charge >= 0.3 is 0 Å². The zero-order valence-electron chi connectivity index (χ0n) is 9.89.